The molecule has 6 heteroatoms. The number of carbonyl (C=O) groups is 2. The van der Waals surface area contributed by atoms with Crippen LogP contribution in [-0.4, -0.2) is 27.5 Å². The third-order valence-corrected chi connectivity index (χ3v) is 3.56. The van der Waals surface area contributed by atoms with Crippen LogP contribution in [0.5, 0.6) is 0 Å². The molecule has 6 nitrogen and oxygen atoms in total. The summed E-state index contributed by atoms with van der Waals surface area (Å²) in [6.07, 6.45) is 1.53. The Morgan fingerprint density at radius 1 is 1.45 bits per heavy atom. The summed E-state index contributed by atoms with van der Waals surface area (Å²) < 4.78 is 5.07. The summed E-state index contributed by atoms with van der Waals surface area (Å²) in [6.45, 7) is 7.90. The lowest BCUT2D eigenvalue weighted by Crippen LogP contribution is -2.44. The maximum atomic E-state index is 12.4. The van der Waals surface area contributed by atoms with E-state index in [9.17, 15) is 9.59 Å². The largest absolute Gasteiger partial charge is 0.359 e. The van der Waals surface area contributed by atoms with Crippen LogP contribution in [0.15, 0.2) is 10.6 Å². The first kappa shape index (κ1) is 14.6. The second-order valence-electron chi connectivity index (χ2n) is 6.02. The zero-order valence-corrected chi connectivity index (χ0v) is 12.4. The molecule has 20 heavy (non-hydrogen) atoms. The Hall–Kier alpha value is -1.85. The molecule has 0 saturated carbocycles. The lowest BCUT2D eigenvalue weighted by atomic mass is 9.92. The molecule has 1 aliphatic heterocycles. The number of imide groups is 1. The summed E-state index contributed by atoms with van der Waals surface area (Å²) in [4.78, 5) is 25.6. The number of rotatable bonds is 5. The number of amides is 3. The third kappa shape index (κ3) is 2.84. The number of nitrogens with zero attached hydrogens (tertiary/aromatic N) is 2. The zero-order valence-electron chi connectivity index (χ0n) is 12.4. The van der Waals surface area contributed by atoms with Gasteiger partial charge in [0.15, 0.2) is 5.76 Å². The number of carbonyl (C=O) groups excluding carboxylic acids is 2. The number of hydrogen-bond donors (Lipinski definition) is 1. The minimum Gasteiger partial charge on any atom is -0.359 e. The van der Waals surface area contributed by atoms with E-state index in [2.05, 4.69) is 24.3 Å². The van der Waals surface area contributed by atoms with Crippen LogP contribution in [0.4, 0.5) is 4.79 Å². The average molecular weight is 279 g/mol. The summed E-state index contributed by atoms with van der Waals surface area (Å²) in [5.74, 6) is 0.804. The first-order chi connectivity index (χ1) is 9.32. The van der Waals surface area contributed by atoms with Crippen LogP contribution in [0.3, 0.4) is 0 Å². The molecule has 3 amide bonds. The Morgan fingerprint density at radius 2 is 2.15 bits per heavy atom. The van der Waals surface area contributed by atoms with Crippen LogP contribution in [0.25, 0.3) is 0 Å². The highest BCUT2D eigenvalue weighted by Crippen LogP contribution is 2.26. The molecule has 2 rings (SSSR count). The highest BCUT2D eigenvalue weighted by Gasteiger charge is 2.47. The molecule has 1 N–H and O–H groups in total. The standard InChI is InChI=1S/C14H21N3O3/c1-9(2)5-6-14(4)12(18)17(13(19)15-14)8-11-7-10(3)16-20-11/h7,9H,5-6,8H2,1-4H3,(H,15,19)/t14-/m0/s1. The molecule has 1 aromatic rings. The Morgan fingerprint density at radius 3 is 2.70 bits per heavy atom. The van der Waals surface area contributed by atoms with Gasteiger partial charge in [0, 0.05) is 6.07 Å². The third-order valence-electron chi connectivity index (χ3n) is 3.56. The average Bonchev–Trinajstić information content (AvgIpc) is 2.85. The van der Waals surface area contributed by atoms with Crippen molar-refractivity contribution in [1.82, 2.24) is 15.4 Å². The normalized spacial score (nSPS) is 22.8. The molecular formula is C14H21N3O3. The quantitative estimate of drug-likeness (QED) is 0.839. The van der Waals surface area contributed by atoms with E-state index < -0.39 is 5.54 Å². The van der Waals surface area contributed by atoms with Crippen LogP contribution in [-0.2, 0) is 11.3 Å². The smallest absolute Gasteiger partial charge is 0.325 e. The van der Waals surface area contributed by atoms with E-state index in [0.29, 0.717) is 18.1 Å². The summed E-state index contributed by atoms with van der Waals surface area (Å²) in [5, 5.41) is 6.55. The van der Waals surface area contributed by atoms with Gasteiger partial charge in [-0.3, -0.25) is 9.69 Å². The van der Waals surface area contributed by atoms with Gasteiger partial charge in [0.25, 0.3) is 5.91 Å². The number of nitrogens with one attached hydrogen (secondary N) is 1. The van der Waals surface area contributed by atoms with Gasteiger partial charge in [-0.2, -0.15) is 0 Å². The molecular weight excluding hydrogens is 258 g/mol. The Labute approximate surface area is 118 Å². The number of aryl methyl sites for hydroxylation is 1. The van der Waals surface area contributed by atoms with Crippen molar-refractivity contribution in [2.75, 3.05) is 0 Å². The highest BCUT2D eigenvalue weighted by molar-refractivity contribution is 6.06. The molecule has 2 heterocycles. The highest BCUT2D eigenvalue weighted by atomic mass is 16.5. The van der Waals surface area contributed by atoms with Crippen molar-refractivity contribution in [1.29, 1.82) is 0 Å². The van der Waals surface area contributed by atoms with E-state index in [4.69, 9.17) is 4.52 Å². The Balaban J connectivity index is 2.08. The van der Waals surface area contributed by atoms with Crippen molar-refractivity contribution in [3.8, 4) is 0 Å². The molecule has 0 spiro atoms. The van der Waals surface area contributed by atoms with Crippen LogP contribution in [0.1, 0.15) is 45.1 Å². The number of hydrogen-bond acceptors (Lipinski definition) is 4. The second-order valence-corrected chi connectivity index (χ2v) is 6.02. The zero-order chi connectivity index (χ0) is 14.9. The van der Waals surface area contributed by atoms with Crippen molar-refractivity contribution in [3.05, 3.63) is 17.5 Å². The summed E-state index contributed by atoms with van der Waals surface area (Å²) in [5.41, 5.74) is -0.0780. The van der Waals surface area contributed by atoms with Crippen molar-refractivity contribution < 1.29 is 14.1 Å². The first-order valence-electron chi connectivity index (χ1n) is 6.88. The van der Waals surface area contributed by atoms with Gasteiger partial charge >= 0.3 is 6.03 Å². The minimum absolute atomic E-state index is 0.128. The summed E-state index contributed by atoms with van der Waals surface area (Å²) in [6, 6.07) is 1.36. The molecule has 0 bridgehead atoms. The fraction of sp³-hybridized carbons (Fsp3) is 0.643. The van der Waals surface area contributed by atoms with Crippen molar-refractivity contribution in [3.63, 3.8) is 0 Å². The molecule has 1 aromatic heterocycles. The van der Waals surface area contributed by atoms with E-state index in [1.165, 1.54) is 4.90 Å². The Bertz CT molecular complexity index is 523. The van der Waals surface area contributed by atoms with Crippen LogP contribution >= 0.6 is 0 Å². The SMILES string of the molecule is Cc1cc(CN2C(=O)N[C@@](C)(CCC(C)C)C2=O)on1. The molecule has 110 valence electrons. The first-order valence-corrected chi connectivity index (χ1v) is 6.88. The predicted molar refractivity (Wildman–Crippen MR) is 72.8 cm³/mol. The van der Waals surface area contributed by atoms with Crippen LogP contribution < -0.4 is 5.32 Å². The number of aromatic nitrogens is 1. The molecule has 0 unspecified atom stereocenters. The van der Waals surface area contributed by atoms with E-state index in [-0.39, 0.29) is 18.5 Å². The van der Waals surface area contributed by atoms with Crippen LogP contribution in [0.2, 0.25) is 0 Å². The lowest BCUT2D eigenvalue weighted by Gasteiger charge is -2.22. The Kier molecular flexibility index (Phi) is 3.83. The molecule has 1 aliphatic rings. The van der Waals surface area contributed by atoms with Gasteiger partial charge < -0.3 is 9.84 Å². The lowest BCUT2D eigenvalue weighted by molar-refractivity contribution is -0.131. The maximum absolute atomic E-state index is 12.4. The van der Waals surface area contributed by atoms with Gasteiger partial charge in [0.2, 0.25) is 0 Å². The van der Waals surface area contributed by atoms with Crippen LogP contribution in [0, 0.1) is 12.8 Å². The van der Waals surface area contributed by atoms with Crippen molar-refractivity contribution in [2.45, 2.75) is 52.6 Å². The second kappa shape index (κ2) is 5.26. The molecule has 1 atom stereocenters. The minimum atomic E-state index is -0.809. The predicted octanol–water partition coefficient (Wildman–Crippen LogP) is 2.23. The van der Waals surface area contributed by atoms with Crippen molar-refractivity contribution in [2.24, 2.45) is 5.92 Å². The monoisotopic (exact) mass is 279 g/mol. The maximum Gasteiger partial charge on any atom is 0.325 e. The fourth-order valence-electron chi connectivity index (χ4n) is 2.28. The van der Waals surface area contributed by atoms with Gasteiger partial charge in [0.1, 0.15) is 5.54 Å². The summed E-state index contributed by atoms with van der Waals surface area (Å²) >= 11 is 0. The molecule has 1 fully saturated rings. The molecule has 1 saturated heterocycles. The van der Waals surface area contributed by atoms with Gasteiger partial charge in [0.05, 0.1) is 12.2 Å². The van der Waals surface area contributed by atoms with E-state index >= 15 is 0 Å². The topological polar surface area (TPSA) is 75.4 Å². The molecule has 0 aliphatic carbocycles. The molecule has 0 aromatic carbocycles. The van der Waals surface area contributed by atoms with E-state index in [1.807, 2.05) is 0 Å². The van der Waals surface area contributed by atoms with Gasteiger partial charge in [-0.1, -0.05) is 19.0 Å². The van der Waals surface area contributed by atoms with E-state index in [0.717, 1.165) is 12.1 Å². The van der Waals surface area contributed by atoms with Gasteiger partial charge in [-0.05, 0) is 32.6 Å². The fourth-order valence-corrected chi connectivity index (χ4v) is 2.28. The number of urea groups is 1. The molecule has 0 radical (unpaired) electrons. The summed E-state index contributed by atoms with van der Waals surface area (Å²) in [7, 11) is 0. The van der Waals surface area contributed by atoms with Gasteiger partial charge in [-0.15, -0.1) is 0 Å². The van der Waals surface area contributed by atoms with Gasteiger partial charge in [-0.25, -0.2) is 4.79 Å². The van der Waals surface area contributed by atoms with Crippen molar-refractivity contribution >= 4 is 11.9 Å². The van der Waals surface area contributed by atoms with E-state index in [1.54, 1.807) is 19.9 Å².